The van der Waals surface area contributed by atoms with Crippen molar-refractivity contribution in [3.05, 3.63) is 326 Å². The Balaban J connectivity index is 0.953. The average Bonchev–Trinajstić information content (AvgIpc) is 2.07. The van der Waals surface area contributed by atoms with Crippen LogP contribution in [0.25, 0.3) is 77.6 Å². The standard InChI is InChI=1S/C79H52BN3O/c1-4-19-51(20-5-1)54-35-41-57(42-36-54)81-70-47-48-74-76(63-27-12-17-34-73(63)84-74)75(70)64-49-60(82(58-43-37-55(38-44-58)52-21-6-2-7-22-52)59-45-39-56(40-46-59)53-23-8-3-9-24-53)50-72-77(64)80-69-32-18-31-68-78(69)83(72)71-33-16-15-30-67(71)79(68)65-28-13-10-25-61(65)62-26-11-14-29-66(62)79/h1-50,80-81H. The fourth-order valence-corrected chi connectivity index (χ4v) is 14.2. The van der Waals surface area contributed by atoms with Crippen molar-refractivity contribution in [1.29, 1.82) is 0 Å². The first-order chi connectivity index (χ1) is 41.7. The maximum atomic E-state index is 6.87. The van der Waals surface area contributed by atoms with E-state index in [1.165, 1.54) is 77.9 Å². The van der Waals surface area contributed by atoms with Crippen molar-refractivity contribution >= 4 is 85.6 Å². The van der Waals surface area contributed by atoms with Crippen LogP contribution < -0.4 is 26.0 Å². The molecule has 0 radical (unpaired) electrons. The van der Waals surface area contributed by atoms with E-state index in [2.05, 4.69) is 318 Å². The lowest BCUT2D eigenvalue weighted by Crippen LogP contribution is -2.47. The van der Waals surface area contributed by atoms with Crippen LogP contribution in [0.15, 0.2) is 308 Å². The highest BCUT2D eigenvalue weighted by Gasteiger charge is 2.53. The number of hydrogen-bond donors (Lipinski definition) is 1. The Morgan fingerprint density at radius 1 is 0.369 bits per heavy atom. The molecule has 1 spiro atoms. The summed E-state index contributed by atoms with van der Waals surface area (Å²) in [6.45, 7) is 0. The zero-order valence-electron chi connectivity index (χ0n) is 45.9. The second-order valence-corrected chi connectivity index (χ2v) is 22.4. The van der Waals surface area contributed by atoms with Crippen LogP contribution in [0.2, 0.25) is 0 Å². The second-order valence-electron chi connectivity index (χ2n) is 22.4. The third-order valence-corrected chi connectivity index (χ3v) is 17.9. The van der Waals surface area contributed by atoms with E-state index >= 15 is 0 Å². The van der Waals surface area contributed by atoms with Gasteiger partial charge in [0.1, 0.15) is 11.2 Å². The molecule has 0 bridgehead atoms. The molecule has 1 N–H and O–H groups in total. The molecule has 0 amide bonds. The second kappa shape index (κ2) is 19.1. The Hall–Kier alpha value is -10.9. The average molecular weight is 1070 g/mol. The maximum Gasteiger partial charge on any atom is 0.198 e. The van der Waals surface area contributed by atoms with Crippen molar-refractivity contribution in [3.63, 3.8) is 0 Å². The summed E-state index contributed by atoms with van der Waals surface area (Å²) in [6.07, 6.45) is 0. The SMILES string of the molecule is B1c2cccc3c2N(c2ccccc2C32c3ccccc3-c3ccccc32)c2cc(N(c3ccc(-c4ccccc4)cc3)c3ccc(-c4ccccc4)cc3)cc(-c3c(Nc4ccc(-c5ccccc5)cc4)ccc4oc5ccccc5c34)c21. The van der Waals surface area contributed by atoms with Gasteiger partial charge in [0, 0.05) is 56.1 Å². The van der Waals surface area contributed by atoms with E-state index in [9.17, 15) is 0 Å². The maximum absolute atomic E-state index is 6.87. The predicted octanol–water partition coefficient (Wildman–Crippen LogP) is 19.3. The molecule has 0 saturated carbocycles. The van der Waals surface area contributed by atoms with Gasteiger partial charge in [-0.3, -0.25) is 0 Å². The first-order valence-electron chi connectivity index (χ1n) is 29.0. The van der Waals surface area contributed by atoms with E-state index in [0.717, 1.165) is 78.3 Å². The molecule has 3 aliphatic rings. The summed E-state index contributed by atoms with van der Waals surface area (Å²) < 4.78 is 6.87. The number of fused-ring (bicyclic) bond motifs is 14. The van der Waals surface area contributed by atoms with Gasteiger partial charge in [0.05, 0.1) is 11.1 Å². The summed E-state index contributed by atoms with van der Waals surface area (Å²) >= 11 is 0. The third kappa shape index (κ3) is 7.35. The van der Waals surface area contributed by atoms with Crippen LogP contribution in [0, 0.1) is 0 Å². The number of benzene rings is 13. The van der Waals surface area contributed by atoms with Crippen LogP contribution in [-0.4, -0.2) is 7.28 Å². The van der Waals surface area contributed by atoms with Crippen LogP contribution in [0.3, 0.4) is 0 Å². The van der Waals surface area contributed by atoms with Gasteiger partial charge in [-0.15, -0.1) is 0 Å². The number of nitrogens with one attached hydrogen (secondary N) is 1. The van der Waals surface area contributed by atoms with Crippen molar-refractivity contribution in [1.82, 2.24) is 0 Å². The molecule has 392 valence electrons. The Bertz CT molecular complexity index is 4750. The van der Waals surface area contributed by atoms with Crippen LogP contribution in [0.1, 0.15) is 22.3 Å². The molecular formula is C79H52BN3O. The van der Waals surface area contributed by atoms with Crippen LogP contribution >= 0.6 is 0 Å². The fraction of sp³-hybridized carbons (Fsp3) is 0.0127. The molecule has 0 saturated heterocycles. The Labute approximate surface area is 489 Å². The molecule has 1 aromatic heterocycles. The van der Waals surface area contributed by atoms with Crippen molar-refractivity contribution < 1.29 is 4.42 Å². The van der Waals surface area contributed by atoms with Crippen molar-refractivity contribution in [2.75, 3.05) is 15.1 Å². The highest BCUT2D eigenvalue weighted by Crippen LogP contribution is 2.64. The van der Waals surface area contributed by atoms with E-state index in [1.54, 1.807) is 0 Å². The Kier molecular flexibility index (Phi) is 10.9. The molecule has 13 aromatic carbocycles. The number of hydrogen-bond acceptors (Lipinski definition) is 4. The molecule has 0 fully saturated rings. The number of anilines is 8. The van der Waals surface area contributed by atoms with E-state index < -0.39 is 5.41 Å². The highest BCUT2D eigenvalue weighted by atomic mass is 16.3. The molecule has 2 aliphatic heterocycles. The minimum Gasteiger partial charge on any atom is -0.456 e. The molecular weight excluding hydrogens is 1020 g/mol. The largest absolute Gasteiger partial charge is 0.456 e. The fourth-order valence-electron chi connectivity index (χ4n) is 14.2. The van der Waals surface area contributed by atoms with Gasteiger partial charge in [-0.25, -0.2) is 0 Å². The lowest BCUT2D eigenvalue weighted by molar-refractivity contribution is 0.669. The summed E-state index contributed by atoms with van der Waals surface area (Å²) in [4.78, 5) is 5.08. The lowest BCUT2D eigenvalue weighted by atomic mass is 9.54. The topological polar surface area (TPSA) is 31.6 Å². The molecule has 0 atom stereocenters. The number of rotatable bonds is 9. The zero-order valence-corrected chi connectivity index (χ0v) is 45.9. The molecule has 14 aromatic rings. The van der Waals surface area contributed by atoms with Gasteiger partial charge < -0.3 is 19.5 Å². The summed E-state index contributed by atoms with van der Waals surface area (Å²) in [5.74, 6) is 0. The molecule has 84 heavy (non-hydrogen) atoms. The first-order valence-corrected chi connectivity index (χ1v) is 29.0. The molecule has 0 unspecified atom stereocenters. The van der Waals surface area contributed by atoms with Gasteiger partial charge in [-0.1, -0.05) is 236 Å². The molecule has 4 nitrogen and oxygen atoms in total. The Morgan fingerprint density at radius 3 is 1.50 bits per heavy atom. The minimum atomic E-state index is -0.551. The van der Waals surface area contributed by atoms with E-state index in [-0.39, 0.29) is 0 Å². The zero-order chi connectivity index (χ0) is 55.3. The summed E-state index contributed by atoms with van der Waals surface area (Å²) in [5.41, 5.74) is 29.3. The molecule has 3 heterocycles. The molecule has 5 heteroatoms. The summed E-state index contributed by atoms with van der Waals surface area (Å²) in [5, 5.41) is 6.16. The van der Waals surface area contributed by atoms with E-state index in [1.807, 2.05) is 0 Å². The van der Waals surface area contributed by atoms with Gasteiger partial charge >= 0.3 is 0 Å². The van der Waals surface area contributed by atoms with Crippen molar-refractivity contribution in [2.45, 2.75) is 5.41 Å². The highest BCUT2D eigenvalue weighted by molar-refractivity contribution is 6.73. The Morgan fingerprint density at radius 2 is 0.881 bits per heavy atom. The summed E-state index contributed by atoms with van der Waals surface area (Å²) in [6, 6.07) is 111. The van der Waals surface area contributed by atoms with Crippen LogP contribution in [0.5, 0.6) is 0 Å². The van der Waals surface area contributed by atoms with Crippen molar-refractivity contribution in [3.8, 4) is 55.6 Å². The quantitative estimate of drug-likeness (QED) is 0.146. The molecule has 1 aliphatic carbocycles. The molecule has 17 rings (SSSR count). The van der Waals surface area contributed by atoms with Gasteiger partial charge in [0.15, 0.2) is 7.28 Å². The normalized spacial score (nSPS) is 12.9. The summed E-state index contributed by atoms with van der Waals surface area (Å²) in [7, 11) is 0.696. The minimum absolute atomic E-state index is 0.551. The van der Waals surface area contributed by atoms with E-state index in [0.29, 0.717) is 7.28 Å². The van der Waals surface area contributed by atoms with Gasteiger partial charge in [-0.2, -0.15) is 0 Å². The van der Waals surface area contributed by atoms with Crippen LogP contribution in [-0.2, 0) is 5.41 Å². The monoisotopic (exact) mass is 1070 g/mol. The van der Waals surface area contributed by atoms with Gasteiger partial charge in [-0.05, 0) is 151 Å². The predicted molar refractivity (Wildman–Crippen MR) is 352 cm³/mol. The lowest BCUT2D eigenvalue weighted by Gasteiger charge is -2.48. The van der Waals surface area contributed by atoms with Crippen molar-refractivity contribution in [2.24, 2.45) is 0 Å². The van der Waals surface area contributed by atoms with Crippen LogP contribution in [0.4, 0.5) is 45.5 Å². The van der Waals surface area contributed by atoms with Gasteiger partial charge in [0.2, 0.25) is 0 Å². The van der Waals surface area contributed by atoms with Gasteiger partial charge in [0.25, 0.3) is 0 Å². The first kappa shape index (κ1) is 47.9. The number of furan rings is 1. The van der Waals surface area contributed by atoms with E-state index in [4.69, 9.17) is 4.42 Å². The smallest absolute Gasteiger partial charge is 0.198 e. The number of para-hydroxylation sites is 3. The number of nitrogens with zero attached hydrogens (tertiary/aromatic N) is 2. The third-order valence-electron chi connectivity index (χ3n) is 17.9.